The maximum absolute atomic E-state index is 12.0. The molecule has 7 nitrogen and oxygen atoms in total. The highest BCUT2D eigenvalue weighted by molar-refractivity contribution is 6.32. The summed E-state index contributed by atoms with van der Waals surface area (Å²) in [5.41, 5.74) is 0.713. The number of rotatable bonds is 6. The van der Waals surface area contributed by atoms with Crippen molar-refractivity contribution in [2.75, 3.05) is 46.0 Å². The lowest BCUT2D eigenvalue weighted by Crippen LogP contribution is -3.14. The fourth-order valence-corrected chi connectivity index (χ4v) is 3.13. The van der Waals surface area contributed by atoms with Crippen molar-refractivity contribution in [1.82, 2.24) is 5.32 Å². The van der Waals surface area contributed by atoms with E-state index in [0.717, 1.165) is 43.8 Å². The quantitative estimate of drug-likeness (QED) is 0.697. The average molecular weight is 382 g/mol. The van der Waals surface area contributed by atoms with Crippen molar-refractivity contribution in [2.45, 2.75) is 6.92 Å². The Labute approximate surface area is 155 Å². The number of quaternary nitrogens is 1. The fourth-order valence-electron chi connectivity index (χ4n) is 2.91. The number of amides is 1. The van der Waals surface area contributed by atoms with E-state index in [9.17, 15) is 9.59 Å². The Kier molecular flexibility index (Phi) is 6.13. The molecule has 0 spiro atoms. The van der Waals surface area contributed by atoms with Gasteiger partial charge in [-0.15, -0.1) is 0 Å². The van der Waals surface area contributed by atoms with Crippen LogP contribution in [0.4, 0.5) is 0 Å². The molecule has 1 amide bonds. The Balaban J connectivity index is 1.54. The number of halogens is 1. The van der Waals surface area contributed by atoms with Crippen LogP contribution in [0.25, 0.3) is 11.0 Å². The largest absolute Gasteiger partial charge is 0.482 e. The molecule has 0 unspecified atom stereocenters. The molecular formula is C18H22ClN2O5+. The summed E-state index contributed by atoms with van der Waals surface area (Å²) in [4.78, 5) is 24.9. The number of carbonyl (C=O) groups is 1. The molecule has 1 fully saturated rings. The van der Waals surface area contributed by atoms with E-state index >= 15 is 0 Å². The second kappa shape index (κ2) is 8.53. The number of carbonyl (C=O) groups excluding carboxylic acids is 1. The number of hydrogen-bond acceptors (Lipinski definition) is 5. The van der Waals surface area contributed by atoms with Crippen LogP contribution in [0.1, 0.15) is 5.56 Å². The van der Waals surface area contributed by atoms with Crippen LogP contribution >= 0.6 is 11.6 Å². The minimum Gasteiger partial charge on any atom is -0.482 e. The summed E-state index contributed by atoms with van der Waals surface area (Å²) in [6, 6.07) is 4.62. The second-order valence-electron chi connectivity index (χ2n) is 6.28. The van der Waals surface area contributed by atoms with Crippen LogP contribution in [0.5, 0.6) is 5.75 Å². The molecule has 2 aromatic rings. The lowest BCUT2D eigenvalue weighted by molar-refractivity contribution is -0.906. The van der Waals surface area contributed by atoms with Gasteiger partial charge in [0.05, 0.1) is 31.3 Å². The van der Waals surface area contributed by atoms with Gasteiger partial charge in [-0.3, -0.25) is 4.79 Å². The van der Waals surface area contributed by atoms with E-state index in [-0.39, 0.29) is 12.5 Å². The monoisotopic (exact) mass is 381 g/mol. The van der Waals surface area contributed by atoms with Gasteiger partial charge in [0.1, 0.15) is 24.4 Å². The highest BCUT2D eigenvalue weighted by Crippen LogP contribution is 2.30. The molecule has 2 heterocycles. The van der Waals surface area contributed by atoms with Gasteiger partial charge in [-0.25, -0.2) is 4.79 Å². The zero-order valence-electron chi connectivity index (χ0n) is 14.6. The van der Waals surface area contributed by atoms with Crippen LogP contribution in [0.3, 0.4) is 0 Å². The Morgan fingerprint density at radius 2 is 2.08 bits per heavy atom. The summed E-state index contributed by atoms with van der Waals surface area (Å²) >= 11 is 6.21. The number of hydrogen-bond donors (Lipinski definition) is 2. The highest BCUT2D eigenvalue weighted by atomic mass is 35.5. The smallest absolute Gasteiger partial charge is 0.336 e. The zero-order chi connectivity index (χ0) is 18.5. The van der Waals surface area contributed by atoms with E-state index in [4.69, 9.17) is 25.5 Å². The summed E-state index contributed by atoms with van der Waals surface area (Å²) in [5.74, 6) is 0.0846. The minimum absolute atomic E-state index is 0.153. The predicted molar refractivity (Wildman–Crippen MR) is 97.1 cm³/mol. The summed E-state index contributed by atoms with van der Waals surface area (Å²) < 4.78 is 16.0. The van der Waals surface area contributed by atoms with Crippen LogP contribution in [-0.2, 0) is 9.53 Å². The molecular weight excluding hydrogens is 360 g/mol. The standard InChI is InChI=1S/C18H21ClN2O5/c1-12-8-18(23)26-15-10-16(14(19)9-13(12)15)25-11-17(22)20-2-3-21-4-6-24-7-5-21/h8-10H,2-7,11H2,1H3,(H,20,22)/p+1. The van der Waals surface area contributed by atoms with Gasteiger partial charge >= 0.3 is 5.63 Å². The third-order valence-electron chi connectivity index (χ3n) is 4.36. The molecule has 2 N–H and O–H groups in total. The summed E-state index contributed by atoms with van der Waals surface area (Å²) in [7, 11) is 0. The van der Waals surface area contributed by atoms with E-state index in [0.29, 0.717) is 22.9 Å². The van der Waals surface area contributed by atoms with Gasteiger partial charge in [0.2, 0.25) is 0 Å². The fraction of sp³-hybridized carbons (Fsp3) is 0.444. The van der Waals surface area contributed by atoms with Crippen molar-refractivity contribution >= 4 is 28.5 Å². The van der Waals surface area contributed by atoms with Crippen LogP contribution in [0.15, 0.2) is 27.4 Å². The van der Waals surface area contributed by atoms with Crippen LogP contribution in [0, 0.1) is 6.92 Å². The Morgan fingerprint density at radius 1 is 1.31 bits per heavy atom. The van der Waals surface area contributed by atoms with Gasteiger partial charge in [-0.05, 0) is 18.6 Å². The molecule has 1 saturated heterocycles. The lowest BCUT2D eigenvalue weighted by atomic mass is 10.1. The van der Waals surface area contributed by atoms with Crippen molar-refractivity contribution in [3.05, 3.63) is 39.2 Å². The molecule has 8 heteroatoms. The molecule has 1 aromatic heterocycles. The number of fused-ring (bicyclic) bond motifs is 1. The Bertz CT molecular complexity index is 845. The number of morpholine rings is 1. The van der Waals surface area contributed by atoms with Crippen LogP contribution in [-0.4, -0.2) is 51.9 Å². The van der Waals surface area contributed by atoms with Gasteiger partial charge < -0.3 is 24.1 Å². The first-order chi connectivity index (χ1) is 12.5. The molecule has 26 heavy (non-hydrogen) atoms. The maximum atomic E-state index is 12.0. The molecule has 0 aliphatic carbocycles. The number of aryl methyl sites for hydroxylation is 1. The number of ether oxygens (including phenoxy) is 2. The summed E-state index contributed by atoms with van der Waals surface area (Å²) in [6.07, 6.45) is 0. The second-order valence-corrected chi connectivity index (χ2v) is 6.69. The van der Waals surface area contributed by atoms with E-state index in [2.05, 4.69) is 5.32 Å². The molecule has 0 saturated carbocycles. The van der Waals surface area contributed by atoms with E-state index in [1.54, 1.807) is 13.0 Å². The molecule has 0 atom stereocenters. The van der Waals surface area contributed by atoms with Crippen LogP contribution in [0.2, 0.25) is 5.02 Å². The zero-order valence-corrected chi connectivity index (χ0v) is 15.4. The minimum atomic E-state index is -0.438. The van der Waals surface area contributed by atoms with Gasteiger partial charge in [-0.2, -0.15) is 0 Å². The van der Waals surface area contributed by atoms with Crippen LogP contribution < -0.4 is 20.6 Å². The molecule has 140 valence electrons. The van der Waals surface area contributed by atoms with Crippen molar-refractivity contribution in [2.24, 2.45) is 0 Å². The van der Waals surface area contributed by atoms with Gasteiger partial charge in [0, 0.05) is 17.5 Å². The Morgan fingerprint density at radius 3 is 2.85 bits per heavy atom. The maximum Gasteiger partial charge on any atom is 0.336 e. The lowest BCUT2D eigenvalue weighted by Gasteiger charge is -2.23. The first-order valence-electron chi connectivity index (χ1n) is 8.58. The first kappa shape index (κ1) is 18.7. The first-order valence-corrected chi connectivity index (χ1v) is 8.95. The van der Waals surface area contributed by atoms with Crippen molar-refractivity contribution in [3.63, 3.8) is 0 Å². The topological polar surface area (TPSA) is 82.2 Å². The van der Waals surface area contributed by atoms with Crippen molar-refractivity contribution in [1.29, 1.82) is 0 Å². The highest BCUT2D eigenvalue weighted by Gasteiger charge is 2.14. The predicted octanol–water partition coefficient (Wildman–Crippen LogP) is 0.165. The summed E-state index contributed by atoms with van der Waals surface area (Å²) in [5, 5.41) is 3.93. The third-order valence-corrected chi connectivity index (χ3v) is 4.66. The SMILES string of the molecule is Cc1cc(=O)oc2cc(OCC(=O)NCC[NH+]3CCOCC3)c(Cl)cc12. The molecule has 3 rings (SSSR count). The molecule has 0 radical (unpaired) electrons. The molecule has 1 aliphatic heterocycles. The normalized spacial score (nSPS) is 15.2. The Hall–Kier alpha value is -2.09. The average Bonchev–Trinajstić information content (AvgIpc) is 2.61. The van der Waals surface area contributed by atoms with Gasteiger partial charge in [-0.1, -0.05) is 11.6 Å². The van der Waals surface area contributed by atoms with Gasteiger partial charge in [0.15, 0.2) is 6.61 Å². The number of benzene rings is 1. The molecule has 1 aromatic carbocycles. The van der Waals surface area contributed by atoms with E-state index < -0.39 is 5.63 Å². The van der Waals surface area contributed by atoms with Crippen molar-refractivity contribution in [3.8, 4) is 5.75 Å². The van der Waals surface area contributed by atoms with Gasteiger partial charge in [0.25, 0.3) is 5.91 Å². The number of nitrogens with one attached hydrogen (secondary N) is 2. The van der Waals surface area contributed by atoms with E-state index in [1.807, 2.05) is 0 Å². The molecule has 0 bridgehead atoms. The van der Waals surface area contributed by atoms with E-state index in [1.165, 1.54) is 17.0 Å². The summed E-state index contributed by atoms with van der Waals surface area (Å²) in [6.45, 7) is 6.55. The third kappa shape index (κ3) is 4.75. The van der Waals surface area contributed by atoms with Crippen molar-refractivity contribution < 1.29 is 23.6 Å². The molecule has 1 aliphatic rings.